The van der Waals surface area contributed by atoms with Gasteiger partial charge in [-0.05, 0) is 55.9 Å². The van der Waals surface area contributed by atoms with E-state index in [1.807, 2.05) is 13.8 Å². The van der Waals surface area contributed by atoms with E-state index in [2.05, 4.69) is 13.8 Å². The lowest BCUT2D eigenvalue weighted by Gasteiger charge is -2.14. The van der Waals surface area contributed by atoms with Gasteiger partial charge in [0.2, 0.25) is 10.0 Å². The van der Waals surface area contributed by atoms with Crippen LogP contribution in [0.2, 0.25) is 0 Å². The zero-order valence-corrected chi connectivity index (χ0v) is 12.9. The Labute approximate surface area is 116 Å². The summed E-state index contributed by atoms with van der Waals surface area (Å²) in [6.07, 6.45) is 2.11. The molecule has 19 heavy (non-hydrogen) atoms. The molecule has 0 aliphatic heterocycles. The largest absolute Gasteiger partial charge is 0.493 e. The van der Waals surface area contributed by atoms with E-state index >= 15 is 0 Å². The van der Waals surface area contributed by atoms with Crippen LogP contribution in [0.3, 0.4) is 0 Å². The van der Waals surface area contributed by atoms with E-state index in [1.165, 1.54) is 0 Å². The fourth-order valence-corrected chi connectivity index (χ4v) is 2.65. The smallest absolute Gasteiger partial charge is 0.238 e. The lowest BCUT2D eigenvalue weighted by atomic mass is 10.1. The number of aryl methyl sites for hydroxylation is 2. The molecule has 1 rings (SSSR count). The van der Waals surface area contributed by atoms with Crippen molar-refractivity contribution >= 4 is 10.0 Å². The summed E-state index contributed by atoms with van der Waals surface area (Å²) in [6, 6.07) is 3.11. The summed E-state index contributed by atoms with van der Waals surface area (Å²) in [5, 5.41) is 5.13. The van der Waals surface area contributed by atoms with Crippen molar-refractivity contribution in [2.75, 3.05) is 6.61 Å². The van der Waals surface area contributed by atoms with Crippen molar-refractivity contribution in [3.05, 3.63) is 23.3 Å². The molecule has 2 N–H and O–H groups in total. The first-order valence-electron chi connectivity index (χ1n) is 6.48. The number of hydrogen-bond acceptors (Lipinski definition) is 3. The molecule has 108 valence electrons. The van der Waals surface area contributed by atoms with E-state index < -0.39 is 10.0 Å². The Balaban J connectivity index is 2.81. The van der Waals surface area contributed by atoms with Crippen molar-refractivity contribution in [2.45, 2.75) is 45.4 Å². The van der Waals surface area contributed by atoms with Gasteiger partial charge in [0.1, 0.15) is 5.75 Å². The number of ether oxygens (including phenoxy) is 1. The highest BCUT2D eigenvalue weighted by molar-refractivity contribution is 7.89. The molecule has 0 saturated heterocycles. The topological polar surface area (TPSA) is 69.4 Å². The van der Waals surface area contributed by atoms with Gasteiger partial charge >= 0.3 is 0 Å². The second kappa shape index (κ2) is 6.39. The van der Waals surface area contributed by atoms with Crippen LogP contribution in [-0.4, -0.2) is 15.0 Å². The van der Waals surface area contributed by atoms with Crippen LogP contribution in [0.4, 0.5) is 0 Å². The molecule has 0 amide bonds. The summed E-state index contributed by atoms with van der Waals surface area (Å²) in [5.74, 6) is 1.42. The molecule has 0 aliphatic carbocycles. The van der Waals surface area contributed by atoms with Gasteiger partial charge < -0.3 is 4.74 Å². The van der Waals surface area contributed by atoms with Crippen molar-refractivity contribution < 1.29 is 13.2 Å². The summed E-state index contributed by atoms with van der Waals surface area (Å²) in [5.41, 5.74) is 1.60. The summed E-state index contributed by atoms with van der Waals surface area (Å²) < 4.78 is 28.4. The Bertz CT molecular complexity index is 513. The predicted molar refractivity (Wildman–Crippen MR) is 76.9 cm³/mol. The number of primary sulfonamides is 1. The van der Waals surface area contributed by atoms with Gasteiger partial charge in [0, 0.05) is 0 Å². The molecule has 5 heteroatoms. The predicted octanol–water partition coefficient (Wildman–Crippen LogP) is 2.77. The Morgan fingerprint density at radius 3 is 2.16 bits per heavy atom. The third-order valence-corrected chi connectivity index (χ3v) is 3.83. The van der Waals surface area contributed by atoms with Gasteiger partial charge in [-0.2, -0.15) is 0 Å². The zero-order chi connectivity index (χ0) is 14.6. The highest BCUT2D eigenvalue weighted by Gasteiger charge is 2.13. The molecule has 1 aromatic rings. The van der Waals surface area contributed by atoms with Crippen LogP contribution in [0.1, 0.15) is 37.8 Å². The average Bonchev–Trinajstić information content (AvgIpc) is 2.25. The molecule has 1 aromatic carbocycles. The molecule has 0 unspecified atom stereocenters. The van der Waals surface area contributed by atoms with E-state index in [0.29, 0.717) is 12.5 Å². The maximum Gasteiger partial charge on any atom is 0.238 e. The fraction of sp³-hybridized carbons (Fsp3) is 0.571. The normalized spacial score (nSPS) is 11.9. The number of hydrogen-bond donors (Lipinski definition) is 1. The summed E-state index contributed by atoms with van der Waals surface area (Å²) >= 11 is 0. The van der Waals surface area contributed by atoms with E-state index in [-0.39, 0.29) is 4.90 Å². The molecular weight excluding hydrogens is 262 g/mol. The Hall–Kier alpha value is -1.07. The highest BCUT2D eigenvalue weighted by atomic mass is 32.2. The van der Waals surface area contributed by atoms with Crippen LogP contribution in [0.5, 0.6) is 5.75 Å². The van der Waals surface area contributed by atoms with Crippen molar-refractivity contribution in [1.29, 1.82) is 0 Å². The minimum Gasteiger partial charge on any atom is -0.493 e. The molecule has 0 radical (unpaired) electrons. The molecule has 0 aliphatic rings. The van der Waals surface area contributed by atoms with Crippen molar-refractivity contribution in [3.63, 3.8) is 0 Å². The van der Waals surface area contributed by atoms with Crippen molar-refractivity contribution in [1.82, 2.24) is 0 Å². The Morgan fingerprint density at radius 1 is 1.21 bits per heavy atom. The molecule has 0 bridgehead atoms. The van der Waals surface area contributed by atoms with Crippen LogP contribution in [0, 0.1) is 19.8 Å². The van der Waals surface area contributed by atoms with E-state index in [4.69, 9.17) is 9.88 Å². The first-order valence-corrected chi connectivity index (χ1v) is 8.03. The Kier molecular flexibility index (Phi) is 5.38. The molecule has 0 fully saturated rings. The number of benzene rings is 1. The number of nitrogens with two attached hydrogens (primary N) is 1. The van der Waals surface area contributed by atoms with Gasteiger partial charge in [-0.3, -0.25) is 0 Å². The van der Waals surface area contributed by atoms with Gasteiger partial charge in [-0.1, -0.05) is 13.8 Å². The van der Waals surface area contributed by atoms with Crippen LogP contribution in [0.25, 0.3) is 0 Å². The van der Waals surface area contributed by atoms with Gasteiger partial charge in [-0.25, -0.2) is 13.6 Å². The zero-order valence-electron chi connectivity index (χ0n) is 12.1. The monoisotopic (exact) mass is 285 g/mol. The quantitative estimate of drug-likeness (QED) is 0.817. The standard InChI is InChI=1S/C14H23NO3S/c1-10(2)6-5-7-18-14-11(3)8-13(9-12(14)4)19(15,16)17/h8-10H,5-7H2,1-4H3,(H2,15,16,17). The van der Waals surface area contributed by atoms with Crippen molar-refractivity contribution in [2.24, 2.45) is 11.1 Å². The number of rotatable bonds is 6. The molecule has 0 saturated carbocycles. The first kappa shape index (κ1) is 16.0. The van der Waals surface area contributed by atoms with Crippen LogP contribution in [0.15, 0.2) is 17.0 Å². The molecule has 0 atom stereocenters. The molecular formula is C14H23NO3S. The second-order valence-corrected chi connectivity index (χ2v) is 6.88. The summed E-state index contributed by atoms with van der Waals surface area (Å²) in [7, 11) is -3.66. The van der Waals surface area contributed by atoms with E-state index in [0.717, 1.165) is 29.7 Å². The molecule has 0 aromatic heterocycles. The third-order valence-electron chi connectivity index (χ3n) is 2.93. The second-order valence-electron chi connectivity index (χ2n) is 5.32. The lowest BCUT2D eigenvalue weighted by molar-refractivity contribution is 0.294. The molecule has 0 heterocycles. The Morgan fingerprint density at radius 2 is 1.74 bits per heavy atom. The minimum absolute atomic E-state index is 0.136. The highest BCUT2D eigenvalue weighted by Crippen LogP contribution is 2.26. The average molecular weight is 285 g/mol. The van der Waals surface area contributed by atoms with Gasteiger partial charge in [0.25, 0.3) is 0 Å². The van der Waals surface area contributed by atoms with Crippen LogP contribution in [-0.2, 0) is 10.0 Å². The SMILES string of the molecule is Cc1cc(S(N)(=O)=O)cc(C)c1OCCCC(C)C. The molecule has 0 spiro atoms. The fourth-order valence-electron chi connectivity index (χ4n) is 1.97. The maximum absolute atomic E-state index is 11.3. The minimum atomic E-state index is -3.66. The van der Waals surface area contributed by atoms with Gasteiger partial charge in [-0.15, -0.1) is 0 Å². The molecule has 4 nitrogen and oxygen atoms in total. The van der Waals surface area contributed by atoms with Gasteiger partial charge in [0.05, 0.1) is 11.5 Å². The summed E-state index contributed by atoms with van der Waals surface area (Å²) in [4.78, 5) is 0.136. The van der Waals surface area contributed by atoms with Gasteiger partial charge in [0.15, 0.2) is 0 Å². The van der Waals surface area contributed by atoms with E-state index in [1.54, 1.807) is 12.1 Å². The van der Waals surface area contributed by atoms with E-state index in [9.17, 15) is 8.42 Å². The maximum atomic E-state index is 11.3. The summed E-state index contributed by atoms with van der Waals surface area (Å²) in [6.45, 7) is 8.67. The van der Waals surface area contributed by atoms with Crippen molar-refractivity contribution in [3.8, 4) is 5.75 Å². The third kappa shape index (κ3) is 4.84. The van der Waals surface area contributed by atoms with Crippen LogP contribution < -0.4 is 9.88 Å². The van der Waals surface area contributed by atoms with Crippen LogP contribution >= 0.6 is 0 Å². The first-order chi connectivity index (χ1) is 8.71. The lowest BCUT2D eigenvalue weighted by Crippen LogP contribution is -2.13. The number of sulfonamides is 1.